The molecule has 0 atom stereocenters. The molecular weight excluding hydrogens is 549 g/mol. The summed E-state index contributed by atoms with van der Waals surface area (Å²) in [6.07, 6.45) is 0.718. The average molecular weight is 582 g/mol. The van der Waals surface area contributed by atoms with Crippen molar-refractivity contribution in [1.82, 2.24) is 4.98 Å². The number of rotatable bonds is 14. The van der Waals surface area contributed by atoms with Crippen LogP contribution < -0.4 is 10.6 Å². The molecule has 4 rings (SSSR count). The summed E-state index contributed by atoms with van der Waals surface area (Å²) in [5, 5.41) is 6.76. The van der Waals surface area contributed by atoms with E-state index in [1.807, 2.05) is 42.5 Å². The lowest BCUT2D eigenvalue weighted by molar-refractivity contribution is -0.116. The number of aryl methyl sites for hydroxylation is 1. The molecule has 1 aromatic heterocycles. The molecule has 0 fully saturated rings. The SMILES string of the molecule is CCOP(=O)(Cc1ccc(NC(=O)CCc2oc(NCc3ccccc3)nc2-c2ccc(Cl)cc2)cc1)OCC. The molecule has 0 unspecified atom stereocenters. The number of oxazole rings is 1. The fraction of sp³-hybridized carbons (Fsp3) is 0.267. The minimum atomic E-state index is -3.20. The maximum atomic E-state index is 12.8. The van der Waals surface area contributed by atoms with Crippen molar-refractivity contribution < 1.29 is 22.8 Å². The first-order chi connectivity index (χ1) is 19.4. The topological polar surface area (TPSA) is 103 Å². The van der Waals surface area contributed by atoms with Gasteiger partial charge in [-0.05, 0) is 49.2 Å². The Kier molecular flexibility index (Phi) is 10.6. The van der Waals surface area contributed by atoms with E-state index in [1.54, 1.807) is 50.2 Å². The van der Waals surface area contributed by atoms with Crippen LogP contribution in [0.2, 0.25) is 5.02 Å². The zero-order chi connectivity index (χ0) is 28.4. The summed E-state index contributed by atoms with van der Waals surface area (Å²) in [7, 11) is -3.20. The van der Waals surface area contributed by atoms with Crippen LogP contribution in [0.3, 0.4) is 0 Å². The van der Waals surface area contributed by atoms with Crippen LogP contribution >= 0.6 is 19.2 Å². The second kappa shape index (κ2) is 14.3. The second-order valence-corrected chi connectivity index (χ2v) is 11.5. The van der Waals surface area contributed by atoms with Crippen molar-refractivity contribution in [1.29, 1.82) is 0 Å². The Hall–Kier alpha value is -3.42. The summed E-state index contributed by atoms with van der Waals surface area (Å²) in [6.45, 7) is 4.73. The first-order valence-electron chi connectivity index (χ1n) is 13.2. The quantitative estimate of drug-likeness (QED) is 0.146. The molecule has 4 aromatic rings. The Morgan fingerprint density at radius 1 is 0.925 bits per heavy atom. The molecule has 2 N–H and O–H groups in total. The van der Waals surface area contributed by atoms with Crippen LogP contribution in [0.5, 0.6) is 0 Å². The molecule has 0 aliphatic rings. The summed E-state index contributed by atoms with van der Waals surface area (Å²) >= 11 is 6.08. The van der Waals surface area contributed by atoms with Crippen molar-refractivity contribution in [2.75, 3.05) is 23.8 Å². The monoisotopic (exact) mass is 581 g/mol. The minimum Gasteiger partial charge on any atom is -0.428 e. The van der Waals surface area contributed by atoms with Gasteiger partial charge in [-0.15, -0.1) is 0 Å². The summed E-state index contributed by atoms with van der Waals surface area (Å²) in [6, 6.07) is 24.8. The number of nitrogens with one attached hydrogen (secondary N) is 2. The number of halogens is 1. The van der Waals surface area contributed by atoms with E-state index in [1.165, 1.54) is 0 Å². The fourth-order valence-electron chi connectivity index (χ4n) is 4.09. The van der Waals surface area contributed by atoms with Gasteiger partial charge in [0.05, 0.1) is 19.4 Å². The van der Waals surface area contributed by atoms with Gasteiger partial charge in [0, 0.05) is 35.7 Å². The minimum absolute atomic E-state index is 0.167. The molecule has 210 valence electrons. The molecule has 10 heteroatoms. The molecule has 0 aliphatic heterocycles. The number of hydrogen-bond donors (Lipinski definition) is 2. The van der Waals surface area contributed by atoms with Crippen LogP contribution in [-0.4, -0.2) is 24.1 Å². The van der Waals surface area contributed by atoms with Crippen LogP contribution in [0.1, 0.15) is 37.2 Å². The third-order valence-electron chi connectivity index (χ3n) is 5.95. The van der Waals surface area contributed by atoms with Gasteiger partial charge in [-0.3, -0.25) is 9.36 Å². The maximum Gasteiger partial charge on any atom is 0.335 e. The van der Waals surface area contributed by atoms with Crippen molar-refractivity contribution in [3.8, 4) is 11.3 Å². The van der Waals surface area contributed by atoms with Gasteiger partial charge in [-0.2, -0.15) is 4.98 Å². The number of hydrogen-bond acceptors (Lipinski definition) is 7. The highest BCUT2D eigenvalue weighted by Gasteiger charge is 2.24. The van der Waals surface area contributed by atoms with E-state index in [0.29, 0.717) is 54.4 Å². The van der Waals surface area contributed by atoms with Crippen LogP contribution in [0.4, 0.5) is 11.7 Å². The number of nitrogens with zero attached hydrogens (tertiary/aromatic N) is 1. The highest BCUT2D eigenvalue weighted by molar-refractivity contribution is 7.53. The Morgan fingerprint density at radius 2 is 1.60 bits per heavy atom. The molecule has 0 aliphatic carbocycles. The van der Waals surface area contributed by atoms with Gasteiger partial charge in [0.15, 0.2) is 0 Å². The number of benzene rings is 3. The van der Waals surface area contributed by atoms with Gasteiger partial charge in [-0.1, -0.05) is 66.2 Å². The third-order valence-corrected chi connectivity index (χ3v) is 8.25. The fourth-order valence-corrected chi connectivity index (χ4v) is 5.92. The second-order valence-electron chi connectivity index (χ2n) is 8.99. The van der Waals surface area contributed by atoms with E-state index >= 15 is 0 Å². The van der Waals surface area contributed by atoms with E-state index in [-0.39, 0.29) is 18.5 Å². The molecule has 1 heterocycles. The number of carbonyl (C=O) groups is 1. The number of carbonyl (C=O) groups excluding carboxylic acids is 1. The zero-order valence-corrected chi connectivity index (χ0v) is 24.2. The first kappa shape index (κ1) is 29.6. The van der Waals surface area contributed by atoms with Crippen molar-refractivity contribution in [3.05, 3.63) is 101 Å². The van der Waals surface area contributed by atoms with Gasteiger partial charge in [-0.25, -0.2) is 0 Å². The van der Waals surface area contributed by atoms with Gasteiger partial charge in [0.25, 0.3) is 6.01 Å². The van der Waals surface area contributed by atoms with Crippen molar-refractivity contribution in [2.45, 2.75) is 39.4 Å². The Bertz CT molecular complexity index is 1420. The molecule has 8 nitrogen and oxygen atoms in total. The maximum absolute atomic E-state index is 12.8. The lowest BCUT2D eigenvalue weighted by atomic mass is 10.1. The van der Waals surface area contributed by atoms with Gasteiger partial charge >= 0.3 is 7.60 Å². The number of amides is 1. The Balaban J connectivity index is 1.39. The van der Waals surface area contributed by atoms with E-state index in [9.17, 15) is 9.36 Å². The average Bonchev–Trinajstić information content (AvgIpc) is 3.36. The molecule has 40 heavy (non-hydrogen) atoms. The van der Waals surface area contributed by atoms with Crippen LogP contribution in [0, 0.1) is 0 Å². The molecule has 0 radical (unpaired) electrons. The highest BCUT2D eigenvalue weighted by Crippen LogP contribution is 2.51. The molecule has 1 amide bonds. The largest absolute Gasteiger partial charge is 0.428 e. The first-order valence-corrected chi connectivity index (χ1v) is 15.3. The summed E-state index contributed by atoms with van der Waals surface area (Å²) in [5.41, 5.74) is 4.05. The van der Waals surface area contributed by atoms with E-state index in [2.05, 4.69) is 15.6 Å². The zero-order valence-electron chi connectivity index (χ0n) is 22.6. The highest BCUT2D eigenvalue weighted by atomic mass is 35.5. The van der Waals surface area contributed by atoms with E-state index < -0.39 is 7.60 Å². The predicted molar refractivity (Wildman–Crippen MR) is 159 cm³/mol. The normalized spacial score (nSPS) is 11.4. The summed E-state index contributed by atoms with van der Waals surface area (Å²) in [5.74, 6) is 0.435. The Morgan fingerprint density at radius 3 is 2.25 bits per heavy atom. The van der Waals surface area contributed by atoms with Crippen molar-refractivity contribution in [2.24, 2.45) is 0 Å². The summed E-state index contributed by atoms with van der Waals surface area (Å²) < 4.78 is 29.6. The van der Waals surface area contributed by atoms with Gasteiger partial charge < -0.3 is 24.1 Å². The van der Waals surface area contributed by atoms with Crippen LogP contribution in [-0.2, 0) is 37.5 Å². The predicted octanol–water partition coefficient (Wildman–Crippen LogP) is 7.94. The smallest absolute Gasteiger partial charge is 0.335 e. The van der Waals surface area contributed by atoms with E-state index in [4.69, 9.17) is 25.1 Å². The van der Waals surface area contributed by atoms with Gasteiger partial charge in [0.1, 0.15) is 11.5 Å². The van der Waals surface area contributed by atoms with Gasteiger partial charge in [0.2, 0.25) is 5.91 Å². The standard InChI is InChI=1S/C30H33ClN3O5P/c1-3-37-40(36,38-4-2)21-23-10-16-26(17-11-23)33-28(35)19-18-27-29(24-12-14-25(31)15-13-24)34-30(39-27)32-20-22-8-6-5-7-9-22/h5-17H,3-4,18-21H2,1-2H3,(H,32,34)(H,33,35). The van der Waals surface area contributed by atoms with Crippen molar-refractivity contribution in [3.63, 3.8) is 0 Å². The summed E-state index contributed by atoms with van der Waals surface area (Å²) in [4.78, 5) is 17.4. The number of aromatic nitrogens is 1. The van der Waals surface area contributed by atoms with E-state index in [0.717, 1.165) is 16.7 Å². The van der Waals surface area contributed by atoms with Crippen molar-refractivity contribution >= 4 is 36.8 Å². The lowest BCUT2D eigenvalue weighted by Crippen LogP contribution is -2.12. The molecule has 0 bridgehead atoms. The third kappa shape index (κ3) is 8.54. The number of anilines is 2. The molecular formula is C30H33ClN3O5P. The Labute approximate surface area is 239 Å². The van der Waals surface area contributed by atoms with Crippen LogP contribution in [0.25, 0.3) is 11.3 Å². The molecule has 0 spiro atoms. The molecule has 0 saturated heterocycles. The van der Waals surface area contributed by atoms with Crippen LogP contribution in [0.15, 0.2) is 83.3 Å². The lowest BCUT2D eigenvalue weighted by Gasteiger charge is -2.17. The molecule has 0 saturated carbocycles. The molecule has 3 aromatic carbocycles.